The van der Waals surface area contributed by atoms with Gasteiger partial charge in [0.15, 0.2) is 18.1 Å². The van der Waals surface area contributed by atoms with Crippen molar-refractivity contribution in [2.75, 3.05) is 33.0 Å². The minimum atomic E-state index is -1.46. The first-order valence-corrected chi connectivity index (χ1v) is 6.59. The van der Waals surface area contributed by atoms with Gasteiger partial charge < -0.3 is 30.1 Å². The number of ether oxygens (including phenoxy) is 2. The van der Waals surface area contributed by atoms with E-state index in [0.717, 1.165) is 0 Å². The van der Waals surface area contributed by atoms with Crippen LogP contribution in [-0.2, 0) is 4.79 Å². The van der Waals surface area contributed by atoms with E-state index in [4.69, 9.17) is 24.8 Å². The van der Waals surface area contributed by atoms with Gasteiger partial charge in [-0.2, -0.15) is 0 Å². The van der Waals surface area contributed by atoms with Crippen molar-refractivity contribution in [1.82, 2.24) is 5.32 Å². The number of hydrogen-bond acceptors (Lipinski definition) is 6. The van der Waals surface area contributed by atoms with Crippen LogP contribution in [0.1, 0.15) is 6.92 Å². The first-order chi connectivity index (χ1) is 10.1. The summed E-state index contributed by atoms with van der Waals surface area (Å²) in [5.74, 6) is 0.362. The van der Waals surface area contributed by atoms with Crippen LogP contribution in [0.2, 0.25) is 0 Å². The van der Waals surface area contributed by atoms with Crippen molar-refractivity contribution in [2.24, 2.45) is 0 Å². The predicted molar refractivity (Wildman–Crippen MR) is 75.2 cm³/mol. The average Bonchev–Trinajstić information content (AvgIpc) is 2.52. The lowest BCUT2D eigenvalue weighted by Crippen LogP contribution is -2.58. The summed E-state index contributed by atoms with van der Waals surface area (Å²) in [6.07, 6.45) is 0. The molecule has 0 unspecified atom stereocenters. The fourth-order valence-corrected chi connectivity index (χ4v) is 1.59. The molecule has 118 valence electrons. The lowest BCUT2D eigenvalue weighted by molar-refractivity contribution is -0.127. The molecule has 1 aromatic carbocycles. The Morgan fingerprint density at radius 1 is 1.10 bits per heavy atom. The monoisotopic (exact) mass is 299 g/mol. The Morgan fingerprint density at radius 3 is 2.10 bits per heavy atom. The third-order valence-electron chi connectivity index (χ3n) is 2.82. The third-order valence-corrected chi connectivity index (χ3v) is 2.82. The van der Waals surface area contributed by atoms with Crippen LogP contribution in [0.25, 0.3) is 0 Å². The summed E-state index contributed by atoms with van der Waals surface area (Å²) in [5, 5.41) is 29.7. The molecule has 4 N–H and O–H groups in total. The maximum atomic E-state index is 11.8. The largest absolute Gasteiger partial charge is 0.490 e. The van der Waals surface area contributed by atoms with Crippen LogP contribution < -0.4 is 14.8 Å². The van der Waals surface area contributed by atoms with E-state index < -0.39 is 31.3 Å². The van der Waals surface area contributed by atoms with Crippen LogP contribution >= 0.6 is 0 Å². The molecular formula is C14H21NO6. The van der Waals surface area contributed by atoms with E-state index >= 15 is 0 Å². The minimum absolute atomic E-state index is 0.328. The summed E-state index contributed by atoms with van der Waals surface area (Å²) in [4.78, 5) is 11.8. The van der Waals surface area contributed by atoms with Crippen molar-refractivity contribution < 1.29 is 29.6 Å². The van der Waals surface area contributed by atoms with E-state index in [0.29, 0.717) is 18.1 Å². The summed E-state index contributed by atoms with van der Waals surface area (Å²) in [7, 11) is 0. The van der Waals surface area contributed by atoms with Crippen molar-refractivity contribution in [3.63, 3.8) is 0 Å². The molecule has 0 bridgehead atoms. The number of nitrogens with one attached hydrogen (secondary N) is 1. The second-order valence-electron chi connectivity index (χ2n) is 4.47. The summed E-state index contributed by atoms with van der Waals surface area (Å²) < 4.78 is 10.7. The number of carbonyl (C=O) groups is 1. The molecule has 0 spiro atoms. The normalized spacial score (nSPS) is 11.0. The number of aliphatic hydroxyl groups is 3. The van der Waals surface area contributed by atoms with Crippen LogP contribution in [0.3, 0.4) is 0 Å². The number of hydrogen-bond donors (Lipinski definition) is 4. The highest BCUT2D eigenvalue weighted by Gasteiger charge is 2.30. The predicted octanol–water partition coefficient (Wildman–Crippen LogP) is -0.704. The van der Waals surface area contributed by atoms with Crippen LogP contribution in [0.15, 0.2) is 24.3 Å². The maximum Gasteiger partial charge on any atom is 0.258 e. The molecule has 0 heterocycles. The summed E-state index contributed by atoms with van der Waals surface area (Å²) in [5.41, 5.74) is -1.46. The van der Waals surface area contributed by atoms with Crippen molar-refractivity contribution in [3.05, 3.63) is 24.3 Å². The van der Waals surface area contributed by atoms with Crippen LogP contribution in [0, 0.1) is 0 Å². The van der Waals surface area contributed by atoms with E-state index in [1.54, 1.807) is 24.3 Å². The molecular weight excluding hydrogens is 278 g/mol. The fraction of sp³-hybridized carbons (Fsp3) is 0.500. The smallest absolute Gasteiger partial charge is 0.258 e. The molecule has 0 aliphatic carbocycles. The molecule has 1 rings (SSSR count). The number of amides is 1. The number of carbonyl (C=O) groups excluding carboxylic acids is 1. The van der Waals surface area contributed by atoms with Gasteiger partial charge in [-0.05, 0) is 19.1 Å². The van der Waals surface area contributed by atoms with E-state index in [2.05, 4.69) is 5.32 Å². The number of rotatable bonds is 9. The van der Waals surface area contributed by atoms with Crippen LogP contribution in [0.4, 0.5) is 0 Å². The van der Waals surface area contributed by atoms with Crippen molar-refractivity contribution in [2.45, 2.75) is 12.5 Å². The molecule has 0 saturated carbocycles. The van der Waals surface area contributed by atoms with Gasteiger partial charge in [-0.3, -0.25) is 4.79 Å². The first kappa shape index (κ1) is 17.2. The summed E-state index contributed by atoms with van der Waals surface area (Å²) >= 11 is 0. The molecule has 0 fully saturated rings. The van der Waals surface area contributed by atoms with Crippen molar-refractivity contribution in [1.29, 1.82) is 0 Å². The third kappa shape index (κ3) is 4.89. The van der Waals surface area contributed by atoms with Crippen molar-refractivity contribution >= 4 is 5.91 Å². The van der Waals surface area contributed by atoms with Gasteiger partial charge in [-0.15, -0.1) is 0 Å². The molecule has 0 radical (unpaired) electrons. The van der Waals surface area contributed by atoms with E-state index in [9.17, 15) is 4.79 Å². The standard InChI is InChI=1S/C14H21NO6/c1-2-20-11-5-3-4-6-12(11)21-7-13(19)15-14(8-16,9-17)10-18/h3-6,16-18H,2,7-10H2,1H3,(H,15,19). The average molecular weight is 299 g/mol. The highest BCUT2D eigenvalue weighted by molar-refractivity contribution is 5.78. The van der Waals surface area contributed by atoms with E-state index in [1.165, 1.54) is 0 Å². The zero-order valence-corrected chi connectivity index (χ0v) is 11.9. The Balaban J connectivity index is 2.61. The SMILES string of the molecule is CCOc1ccccc1OCC(=O)NC(CO)(CO)CO. The van der Waals surface area contributed by atoms with E-state index in [1.807, 2.05) is 6.92 Å². The van der Waals surface area contributed by atoms with Crippen LogP contribution in [-0.4, -0.2) is 59.8 Å². The lowest BCUT2D eigenvalue weighted by Gasteiger charge is -2.28. The van der Waals surface area contributed by atoms with Gasteiger partial charge in [0.1, 0.15) is 5.54 Å². The molecule has 1 aromatic rings. The Labute approximate surface area is 123 Å². The molecule has 7 nitrogen and oxygen atoms in total. The Hall–Kier alpha value is -1.83. The molecule has 7 heteroatoms. The second-order valence-corrected chi connectivity index (χ2v) is 4.47. The van der Waals surface area contributed by atoms with Gasteiger partial charge >= 0.3 is 0 Å². The van der Waals surface area contributed by atoms with Crippen LogP contribution in [0.5, 0.6) is 11.5 Å². The number of benzene rings is 1. The Bertz CT molecular complexity index is 439. The van der Waals surface area contributed by atoms with Gasteiger partial charge in [0.25, 0.3) is 5.91 Å². The highest BCUT2D eigenvalue weighted by Crippen LogP contribution is 2.26. The zero-order chi connectivity index (χ0) is 15.7. The zero-order valence-electron chi connectivity index (χ0n) is 11.9. The van der Waals surface area contributed by atoms with Gasteiger partial charge in [0.2, 0.25) is 0 Å². The Morgan fingerprint density at radius 2 is 1.62 bits per heavy atom. The fourth-order valence-electron chi connectivity index (χ4n) is 1.59. The quantitative estimate of drug-likeness (QED) is 0.480. The van der Waals surface area contributed by atoms with Gasteiger partial charge in [-0.25, -0.2) is 0 Å². The lowest BCUT2D eigenvalue weighted by atomic mass is 10.0. The van der Waals surface area contributed by atoms with Gasteiger partial charge in [-0.1, -0.05) is 12.1 Å². The molecule has 21 heavy (non-hydrogen) atoms. The molecule has 0 atom stereocenters. The molecule has 1 amide bonds. The van der Waals surface area contributed by atoms with Crippen molar-refractivity contribution in [3.8, 4) is 11.5 Å². The Kier molecular flexibility index (Phi) is 6.93. The topological polar surface area (TPSA) is 108 Å². The molecule has 0 aliphatic heterocycles. The molecule has 0 saturated heterocycles. The maximum absolute atomic E-state index is 11.8. The molecule has 0 aromatic heterocycles. The minimum Gasteiger partial charge on any atom is -0.490 e. The molecule has 0 aliphatic rings. The number of para-hydroxylation sites is 2. The summed E-state index contributed by atoms with van der Waals surface area (Å²) in [6, 6.07) is 6.91. The first-order valence-electron chi connectivity index (χ1n) is 6.59. The second kappa shape index (κ2) is 8.46. The van der Waals surface area contributed by atoms with E-state index in [-0.39, 0.29) is 6.61 Å². The summed E-state index contributed by atoms with van der Waals surface area (Å²) in [6.45, 7) is 0.229. The number of aliphatic hydroxyl groups excluding tert-OH is 3. The van der Waals surface area contributed by atoms with Gasteiger partial charge in [0.05, 0.1) is 26.4 Å². The highest BCUT2D eigenvalue weighted by atomic mass is 16.5. The van der Waals surface area contributed by atoms with Gasteiger partial charge in [0, 0.05) is 0 Å².